The average Bonchev–Trinajstić information content (AvgIpc) is 3.49. The molecule has 0 spiro atoms. The van der Waals surface area contributed by atoms with Crippen LogP contribution in [0.25, 0.3) is 11.5 Å². The fourth-order valence-corrected chi connectivity index (χ4v) is 7.16. The number of carbonyl (C=O) groups excluding carboxylic acids is 4. The number of piperidine rings is 2. The van der Waals surface area contributed by atoms with E-state index in [0.717, 1.165) is 17.7 Å². The minimum atomic E-state index is -2.91. The number of amides is 4. The molecule has 4 amide bonds. The zero-order chi connectivity index (χ0) is 35.9. The van der Waals surface area contributed by atoms with Crippen LogP contribution >= 0.6 is 0 Å². The number of oxazole rings is 1. The number of anilines is 2. The minimum absolute atomic E-state index is 0.0603. The predicted molar refractivity (Wildman–Crippen MR) is 182 cm³/mol. The Morgan fingerprint density at radius 3 is 2.67 bits per heavy atom. The molecule has 1 atom stereocenters. The molecule has 1 aromatic carbocycles. The fourth-order valence-electron chi connectivity index (χ4n) is 7.16. The summed E-state index contributed by atoms with van der Waals surface area (Å²) in [6.45, 7) is 3.01. The van der Waals surface area contributed by atoms with Gasteiger partial charge in [-0.25, -0.2) is 18.7 Å². The topological polar surface area (TPSA) is 168 Å². The zero-order valence-corrected chi connectivity index (χ0v) is 28.2. The van der Waals surface area contributed by atoms with Crippen LogP contribution in [-0.2, 0) is 22.7 Å². The van der Waals surface area contributed by atoms with Crippen LogP contribution in [0.3, 0.4) is 0 Å². The van der Waals surface area contributed by atoms with Gasteiger partial charge in [0.1, 0.15) is 18.1 Å². The standard InChI is InChI=1S/C36H37F2N9O5/c37-32(38)31-26(41-33(49)27-19-52-35(42-27)21-8-11-39-29(14-21)40-15-20-4-5-20)18-47(44-31)23-9-12-45(13-10-23)16-22-2-1-3-24-25(22)17-46(36(24)51)28-6-7-30(48)43-34(28)50/h1-3,8,11,14,18-20,23,28,32H,4-7,9-10,12-13,15-17H2,(H,39,40)(H,41,49)(H,43,48,50). The Hall–Kier alpha value is -5.51. The molecule has 14 nitrogen and oxygen atoms in total. The van der Waals surface area contributed by atoms with Gasteiger partial charge in [-0.1, -0.05) is 12.1 Å². The average molecular weight is 714 g/mol. The number of alkyl halides is 2. The smallest absolute Gasteiger partial charge is 0.284 e. The molecule has 0 bridgehead atoms. The van der Waals surface area contributed by atoms with Crippen molar-refractivity contribution in [2.45, 2.75) is 70.1 Å². The quantitative estimate of drug-likeness (QED) is 0.188. The molecule has 0 radical (unpaired) electrons. The second kappa shape index (κ2) is 13.9. The van der Waals surface area contributed by atoms with Crippen LogP contribution in [0.4, 0.5) is 20.3 Å². The van der Waals surface area contributed by atoms with Gasteiger partial charge in [0.15, 0.2) is 11.4 Å². The molecule has 2 saturated heterocycles. The molecular weight excluding hydrogens is 676 g/mol. The molecule has 4 aliphatic rings. The summed E-state index contributed by atoms with van der Waals surface area (Å²) in [6, 6.07) is 8.22. The summed E-state index contributed by atoms with van der Waals surface area (Å²) in [5, 5.41) is 12.4. The van der Waals surface area contributed by atoms with Crippen LogP contribution in [0.15, 0.2) is 53.4 Å². The number of rotatable bonds is 11. The Kier molecular flexibility index (Phi) is 8.99. The van der Waals surface area contributed by atoms with Crippen molar-refractivity contribution in [2.75, 3.05) is 30.3 Å². The van der Waals surface area contributed by atoms with Crippen LogP contribution in [0.1, 0.15) is 88.7 Å². The molecule has 270 valence electrons. The lowest BCUT2D eigenvalue weighted by Gasteiger charge is -2.32. The summed E-state index contributed by atoms with van der Waals surface area (Å²) >= 11 is 0. The van der Waals surface area contributed by atoms with E-state index in [2.05, 4.69) is 35.9 Å². The Balaban J connectivity index is 0.892. The molecule has 4 aromatic rings. The molecule has 6 heterocycles. The van der Waals surface area contributed by atoms with Crippen LogP contribution < -0.4 is 16.0 Å². The summed E-state index contributed by atoms with van der Waals surface area (Å²) in [5.74, 6) is -0.151. The van der Waals surface area contributed by atoms with E-state index in [1.165, 1.54) is 30.0 Å². The lowest BCUT2D eigenvalue weighted by Crippen LogP contribution is -2.52. The van der Waals surface area contributed by atoms with Gasteiger partial charge in [-0.2, -0.15) is 5.10 Å². The van der Waals surface area contributed by atoms with E-state index in [4.69, 9.17) is 4.42 Å². The van der Waals surface area contributed by atoms with Crippen molar-refractivity contribution in [3.8, 4) is 11.5 Å². The van der Waals surface area contributed by atoms with E-state index in [9.17, 15) is 28.0 Å². The molecular formula is C36H37F2N9O5. The van der Waals surface area contributed by atoms with Crippen molar-refractivity contribution in [2.24, 2.45) is 5.92 Å². The summed E-state index contributed by atoms with van der Waals surface area (Å²) in [4.78, 5) is 62.9. The number of fused-ring (bicyclic) bond motifs is 1. The van der Waals surface area contributed by atoms with Gasteiger partial charge >= 0.3 is 0 Å². The molecule has 3 aliphatic heterocycles. The highest BCUT2D eigenvalue weighted by molar-refractivity contribution is 6.05. The van der Waals surface area contributed by atoms with Gasteiger partial charge in [-0.3, -0.25) is 34.1 Å². The van der Waals surface area contributed by atoms with E-state index < -0.39 is 30.0 Å². The third kappa shape index (κ3) is 6.89. The highest BCUT2D eigenvalue weighted by Crippen LogP contribution is 2.34. The van der Waals surface area contributed by atoms with Crippen LogP contribution in [-0.4, -0.2) is 78.9 Å². The zero-order valence-electron chi connectivity index (χ0n) is 28.2. The van der Waals surface area contributed by atoms with Crippen molar-refractivity contribution in [3.63, 3.8) is 0 Å². The number of likely N-dealkylation sites (tertiary alicyclic amines) is 1. The molecule has 16 heteroatoms. The van der Waals surface area contributed by atoms with Gasteiger partial charge in [0.05, 0.1) is 11.7 Å². The van der Waals surface area contributed by atoms with E-state index in [0.29, 0.717) is 68.3 Å². The number of nitrogens with one attached hydrogen (secondary N) is 3. The number of benzene rings is 1. The summed E-state index contributed by atoms with van der Waals surface area (Å²) in [7, 11) is 0. The first-order chi connectivity index (χ1) is 25.2. The fraction of sp³-hybridized carbons (Fsp3) is 0.417. The number of carbonyl (C=O) groups is 4. The third-order valence-corrected chi connectivity index (χ3v) is 10.2. The highest BCUT2D eigenvalue weighted by atomic mass is 19.3. The maximum absolute atomic E-state index is 14.1. The Morgan fingerprint density at radius 1 is 1.08 bits per heavy atom. The van der Waals surface area contributed by atoms with Gasteiger partial charge in [0.2, 0.25) is 17.7 Å². The van der Waals surface area contributed by atoms with Crippen molar-refractivity contribution in [1.29, 1.82) is 0 Å². The van der Waals surface area contributed by atoms with Gasteiger partial charge < -0.3 is 20.0 Å². The molecule has 1 unspecified atom stereocenters. The van der Waals surface area contributed by atoms with Crippen LogP contribution in [0, 0.1) is 5.92 Å². The first kappa shape index (κ1) is 33.6. The second-order valence-corrected chi connectivity index (χ2v) is 13.8. The monoisotopic (exact) mass is 713 g/mol. The van der Waals surface area contributed by atoms with Gasteiger partial charge in [-0.15, -0.1) is 0 Å². The third-order valence-electron chi connectivity index (χ3n) is 10.2. The lowest BCUT2D eigenvalue weighted by molar-refractivity contribution is -0.136. The van der Waals surface area contributed by atoms with Crippen LogP contribution in [0.2, 0.25) is 0 Å². The Bertz CT molecular complexity index is 2040. The van der Waals surface area contributed by atoms with Crippen LogP contribution in [0.5, 0.6) is 0 Å². The first-order valence-corrected chi connectivity index (χ1v) is 17.5. The molecule has 52 heavy (non-hydrogen) atoms. The minimum Gasteiger partial charge on any atom is -0.444 e. The summed E-state index contributed by atoms with van der Waals surface area (Å²) in [6.07, 6.45) is 5.50. The largest absolute Gasteiger partial charge is 0.444 e. The number of hydrogen-bond donors (Lipinski definition) is 3. The number of halogens is 2. The van der Waals surface area contributed by atoms with E-state index in [1.807, 2.05) is 12.1 Å². The summed E-state index contributed by atoms with van der Waals surface area (Å²) in [5.41, 5.74) is 2.37. The Morgan fingerprint density at radius 2 is 1.90 bits per heavy atom. The number of aromatic nitrogens is 4. The molecule has 1 saturated carbocycles. The normalized spacial score (nSPS) is 19.6. The molecule has 3 N–H and O–H groups in total. The van der Waals surface area contributed by atoms with E-state index >= 15 is 0 Å². The predicted octanol–water partition coefficient (Wildman–Crippen LogP) is 4.54. The maximum atomic E-state index is 14.1. The number of nitrogens with zero attached hydrogens (tertiary/aromatic N) is 6. The van der Waals surface area contributed by atoms with Crippen molar-refractivity contribution in [1.82, 2.24) is 34.9 Å². The van der Waals surface area contributed by atoms with Gasteiger partial charge in [0.25, 0.3) is 18.2 Å². The SMILES string of the molecule is O=C1CCC(N2Cc3c(CN4CCC(n5cc(NC(=O)c6coc(-c7ccnc(NCC8CC8)c7)n6)c(C(F)F)n5)CC4)cccc3C2=O)C(=O)N1. The summed E-state index contributed by atoms with van der Waals surface area (Å²) < 4.78 is 35.3. The van der Waals surface area contributed by atoms with Gasteiger partial charge in [-0.05, 0) is 67.3 Å². The van der Waals surface area contributed by atoms with E-state index in [1.54, 1.807) is 29.3 Å². The number of imide groups is 1. The Labute approximate surface area is 297 Å². The first-order valence-electron chi connectivity index (χ1n) is 17.5. The highest BCUT2D eigenvalue weighted by Gasteiger charge is 2.40. The molecule has 3 fully saturated rings. The van der Waals surface area contributed by atoms with Gasteiger partial charge in [0, 0.05) is 62.7 Å². The molecule has 3 aromatic heterocycles. The molecule has 8 rings (SSSR count). The number of pyridine rings is 1. The van der Waals surface area contributed by atoms with Crippen molar-refractivity contribution in [3.05, 3.63) is 77.1 Å². The lowest BCUT2D eigenvalue weighted by atomic mass is 10.0. The van der Waals surface area contributed by atoms with Crippen molar-refractivity contribution < 1.29 is 32.4 Å². The van der Waals surface area contributed by atoms with Crippen molar-refractivity contribution >= 4 is 35.1 Å². The second-order valence-electron chi connectivity index (χ2n) is 13.8. The number of hydrogen-bond acceptors (Lipinski definition) is 10. The molecule has 1 aliphatic carbocycles. The van der Waals surface area contributed by atoms with E-state index in [-0.39, 0.29) is 41.5 Å². The maximum Gasteiger partial charge on any atom is 0.284 e.